The zero-order valence-corrected chi connectivity index (χ0v) is 7.10. The van der Waals surface area contributed by atoms with Crippen LogP contribution >= 0.6 is 0 Å². The molecule has 0 amide bonds. The van der Waals surface area contributed by atoms with Crippen molar-refractivity contribution in [1.82, 2.24) is 0 Å². The van der Waals surface area contributed by atoms with Crippen LogP contribution in [0.25, 0.3) is 0 Å². The summed E-state index contributed by atoms with van der Waals surface area (Å²) in [6, 6.07) is 0. The molecule has 0 aliphatic rings. The lowest BCUT2D eigenvalue weighted by Crippen LogP contribution is -2.37. The smallest absolute Gasteiger partial charge is 0.270 e. The van der Waals surface area contributed by atoms with E-state index in [1.165, 1.54) is 6.92 Å². The van der Waals surface area contributed by atoms with Crippen molar-refractivity contribution in [3.8, 4) is 0 Å². The molecule has 2 atom stereocenters. The van der Waals surface area contributed by atoms with Crippen molar-refractivity contribution >= 4 is 0 Å². The van der Waals surface area contributed by atoms with Gasteiger partial charge in [0.05, 0.1) is 0 Å². The SMILES string of the molecule is CCC(N)O[C@H](C)C(C)(F)F. The number of rotatable bonds is 4. The summed E-state index contributed by atoms with van der Waals surface area (Å²) in [6.45, 7) is 3.92. The lowest BCUT2D eigenvalue weighted by molar-refractivity contribution is -0.140. The van der Waals surface area contributed by atoms with Crippen LogP contribution in [0.2, 0.25) is 0 Å². The van der Waals surface area contributed by atoms with E-state index in [1.54, 1.807) is 6.92 Å². The van der Waals surface area contributed by atoms with Gasteiger partial charge in [-0.25, -0.2) is 8.78 Å². The van der Waals surface area contributed by atoms with Gasteiger partial charge in [0.1, 0.15) is 12.3 Å². The largest absolute Gasteiger partial charge is 0.354 e. The summed E-state index contributed by atoms with van der Waals surface area (Å²) in [7, 11) is 0. The molecule has 0 aliphatic heterocycles. The van der Waals surface area contributed by atoms with Crippen molar-refractivity contribution < 1.29 is 13.5 Å². The van der Waals surface area contributed by atoms with Gasteiger partial charge < -0.3 is 10.5 Å². The summed E-state index contributed by atoms with van der Waals surface area (Å²) in [6.07, 6.45) is -1.16. The molecule has 0 aromatic heterocycles. The van der Waals surface area contributed by atoms with E-state index in [-0.39, 0.29) is 0 Å². The van der Waals surface area contributed by atoms with Gasteiger partial charge in [-0.05, 0) is 13.3 Å². The molecule has 1 unspecified atom stereocenters. The lowest BCUT2D eigenvalue weighted by Gasteiger charge is -2.22. The van der Waals surface area contributed by atoms with Gasteiger partial charge in [-0.15, -0.1) is 0 Å². The van der Waals surface area contributed by atoms with Gasteiger partial charge >= 0.3 is 0 Å². The van der Waals surface area contributed by atoms with Crippen LogP contribution in [0.15, 0.2) is 0 Å². The van der Waals surface area contributed by atoms with Crippen LogP contribution in [0.5, 0.6) is 0 Å². The monoisotopic (exact) mass is 167 g/mol. The maximum absolute atomic E-state index is 12.4. The number of ether oxygens (including phenoxy) is 1. The highest BCUT2D eigenvalue weighted by Gasteiger charge is 2.31. The molecule has 0 aromatic rings. The molecule has 0 rings (SSSR count). The highest BCUT2D eigenvalue weighted by Crippen LogP contribution is 2.20. The van der Waals surface area contributed by atoms with Crippen LogP contribution in [0.4, 0.5) is 8.78 Å². The van der Waals surface area contributed by atoms with Gasteiger partial charge in [0.2, 0.25) is 0 Å². The molecule has 0 spiro atoms. The molecule has 0 radical (unpaired) electrons. The third-order valence-corrected chi connectivity index (χ3v) is 1.50. The molecular formula is C7H15F2NO. The first-order chi connectivity index (χ1) is 4.88. The van der Waals surface area contributed by atoms with E-state index < -0.39 is 18.3 Å². The fraction of sp³-hybridized carbons (Fsp3) is 1.00. The average molecular weight is 167 g/mol. The second kappa shape index (κ2) is 3.97. The van der Waals surface area contributed by atoms with Crippen molar-refractivity contribution in [2.75, 3.05) is 0 Å². The highest BCUT2D eigenvalue weighted by atomic mass is 19.3. The topological polar surface area (TPSA) is 35.2 Å². The van der Waals surface area contributed by atoms with Crippen molar-refractivity contribution in [3.63, 3.8) is 0 Å². The summed E-state index contributed by atoms with van der Waals surface area (Å²) in [5.41, 5.74) is 5.32. The normalized spacial score (nSPS) is 18.0. The Labute approximate surface area is 65.7 Å². The van der Waals surface area contributed by atoms with Gasteiger partial charge in [-0.2, -0.15) is 0 Å². The molecule has 11 heavy (non-hydrogen) atoms. The van der Waals surface area contributed by atoms with Crippen LogP contribution in [0.1, 0.15) is 27.2 Å². The molecule has 0 bridgehead atoms. The minimum atomic E-state index is -2.81. The molecule has 4 heteroatoms. The summed E-state index contributed by atoms with van der Waals surface area (Å²) in [4.78, 5) is 0. The predicted molar refractivity (Wildman–Crippen MR) is 39.4 cm³/mol. The van der Waals surface area contributed by atoms with Crippen LogP contribution in [-0.2, 0) is 4.74 Å². The Bertz CT molecular complexity index is 113. The second-order valence-electron chi connectivity index (χ2n) is 2.68. The van der Waals surface area contributed by atoms with Crippen LogP contribution < -0.4 is 5.73 Å². The summed E-state index contributed by atoms with van der Waals surface area (Å²) in [5, 5.41) is 0. The molecule has 0 fully saturated rings. The van der Waals surface area contributed by atoms with Gasteiger partial charge in [-0.3, -0.25) is 0 Å². The molecular weight excluding hydrogens is 152 g/mol. The molecule has 0 aromatic carbocycles. The fourth-order valence-electron chi connectivity index (χ4n) is 0.478. The van der Waals surface area contributed by atoms with E-state index in [0.29, 0.717) is 6.42 Å². The summed E-state index contributed by atoms with van der Waals surface area (Å²) < 4.78 is 29.7. The molecule has 0 saturated carbocycles. The Balaban J connectivity index is 3.77. The number of hydrogen-bond donors (Lipinski definition) is 1. The summed E-state index contributed by atoms with van der Waals surface area (Å²) >= 11 is 0. The molecule has 0 aliphatic carbocycles. The van der Waals surface area contributed by atoms with E-state index in [9.17, 15) is 8.78 Å². The number of hydrogen-bond acceptors (Lipinski definition) is 2. The fourth-order valence-corrected chi connectivity index (χ4v) is 0.478. The van der Waals surface area contributed by atoms with Crippen molar-refractivity contribution in [2.45, 2.75) is 45.4 Å². The number of halogens is 2. The first kappa shape index (κ1) is 10.8. The zero-order chi connectivity index (χ0) is 9.07. The van der Waals surface area contributed by atoms with Crippen molar-refractivity contribution in [3.05, 3.63) is 0 Å². The first-order valence-corrected chi connectivity index (χ1v) is 3.66. The van der Waals surface area contributed by atoms with E-state index in [0.717, 1.165) is 6.92 Å². The molecule has 0 saturated heterocycles. The highest BCUT2D eigenvalue weighted by molar-refractivity contribution is 4.68. The average Bonchev–Trinajstić information content (AvgIpc) is 1.85. The quantitative estimate of drug-likeness (QED) is 0.647. The maximum Gasteiger partial charge on any atom is 0.270 e. The Hall–Kier alpha value is -0.220. The molecule has 2 N–H and O–H groups in total. The maximum atomic E-state index is 12.4. The molecule has 68 valence electrons. The minimum absolute atomic E-state index is 0.542. The predicted octanol–water partition coefficient (Wildman–Crippen LogP) is 1.74. The Morgan fingerprint density at radius 1 is 1.55 bits per heavy atom. The number of alkyl halides is 2. The molecule has 2 nitrogen and oxygen atoms in total. The van der Waals surface area contributed by atoms with Crippen LogP contribution in [0.3, 0.4) is 0 Å². The number of nitrogens with two attached hydrogens (primary N) is 1. The van der Waals surface area contributed by atoms with E-state index in [2.05, 4.69) is 0 Å². The third-order valence-electron chi connectivity index (χ3n) is 1.50. The van der Waals surface area contributed by atoms with E-state index in [4.69, 9.17) is 10.5 Å². The second-order valence-corrected chi connectivity index (χ2v) is 2.68. The van der Waals surface area contributed by atoms with Crippen LogP contribution in [-0.4, -0.2) is 18.3 Å². The van der Waals surface area contributed by atoms with Crippen LogP contribution in [0, 0.1) is 0 Å². The van der Waals surface area contributed by atoms with Gasteiger partial charge in [0.15, 0.2) is 0 Å². The Kier molecular flexibility index (Phi) is 3.89. The van der Waals surface area contributed by atoms with E-state index in [1.807, 2.05) is 0 Å². The van der Waals surface area contributed by atoms with Gasteiger partial charge in [0.25, 0.3) is 5.92 Å². The molecule has 0 heterocycles. The standard InChI is InChI=1S/C7H15F2NO/c1-4-6(10)11-5(2)7(3,8)9/h5-6H,4,10H2,1-3H3/t5-,6?/m1/s1. The first-order valence-electron chi connectivity index (χ1n) is 3.66. The van der Waals surface area contributed by atoms with Crippen molar-refractivity contribution in [2.24, 2.45) is 5.73 Å². The third kappa shape index (κ3) is 4.27. The van der Waals surface area contributed by atoms with Gasteiger partial charge in [0, 0.05) is 6.92 Å². The Morgan fingerprint density at radius 3 is 2.27 bits per heavy atom. The van der Waals surface area contributed by atoms with Gasteiger partial charge in [-0.1, -0.05) is 6.92 Å². The lowest BCUT2D eigenvalue weighted by atomic mass is 10.2. The summed E-state index contributed by atoms with van der Waals surface area (Å²) in [5.74, 6) is -2.81. The Morgan fingerprint density at radius 2 is 2.00 bits per heavy atom. The minimum Gasteiger partial charge on any atom is -0.354 e. The van der Waals surface area contributed by atoms with Crippen molar-refractivity contribution in [1.29, 1.82) is 0 Å². The van der Waals surface area contributed by atoms with E-state index >= 15 is 0 Å². The zero-order valence-electron chi connectivity index (χ0n) is 7.10.